The minimum atomic E-state index is -4.70. The van der Waals surface area contributed by atoms with Crippen LogP contribution in [0.15, 0.2) is 24.3 Å². The highest BCUT2D eigenvalue weighted by molar-refractivity contribution is 7.88. The molecule has 1 aromatic carbocycles. The molecule has 0 radical (unpaired) electrons. The fourth-order valence-electron chi connectivity index (χ4n) is 3.52. The Morgan fingerprint density at radius 2 is 1.78 bits per heavy atom. The van der Waals surface area contributed by atoms with Crippen molar-refractivity contribution >= 4 is 10.0 Å². The van der Waals surface area contributed by atoms with E-state index in [1.807, 2.05) is 0 Å². The Labute approximate surface area is 160 Å². The lowest BCUT2D eigenvalue weighted by Crippen LogP contribution is -2.40. The van der Waals surface area contributed by atoms with Gasteiger partial charge in [0.1, 0.15) is 6.04 Å². The number of likely N-dealkylation sites (tertiary alicyclic amines) is 1. The lowest BCUT2D eigenvalue weighted by atomic mass is 9.76. The van der Waals surface area contributed by atoms with E-state index in [-0.39, 0.29) is 11.0 Å². The molecule has 1 aliphatic rings. The molecule has 4 nitrogen and oxygen atoms in total. The van der Waals surface area contributed by atoms with Gasteiger partial charge in [-0.15, -0.1) is 0 Å². The first kappa shape index (κ1) is 22.2. The number of sulfonamides is 1. The van der Waals surface area contributed by atoms with Gasteiger partial charge in [-0.1, -0.05) is 45.0 Å². The summed E-state index contributed by atoms with van der Waals surface area (Å²) in [6, 6.07) is 3.78. The summed E-state index contributed by atoms with van der Waals surface area (Å²) >= 11 is 0. The SMILES string of the molecule is CC(C)(C)C1CCCN(Cc2ccc([C@H](NS(C)(=O)=O)C(F)(F)F)cc2)C1. The molecule has 27 heavy (non-hydrogen) atoms. The molecular weight excluding hydrogens is 377 g/mol. The molecule has 1 aromatic rings. The molecule has 0 aliphatic carbocycles. The number of halogens is 3. The number of nitrogens with zero attached hydrogens (tertiary/aromatic N) is 1. The van der Waals surface area contributed by atoms with Crippen LogP contribution in [-0.4, -0.2) is 38.8 Å². The second-order valence-electron chi connectivity index (χ2n) is 8.55. The molecule has 1 fully saturated rings. The monoisotopic (exact) mass is 406 g/mol. The van der Waals surface area contributed by atoms with Crippen LogP contribution in [-0.2, 0) is 16.6 Å². The average Bonchev–Trinajstić information content (AvgIpc) is 2.51. The zero-order chi connectivity index (χ0) is 20.5. The summed E-state index contributed by atoms with van der Waals surface area (Å²) in [6.07, 6.45) is -1.66. The van der Waals surface area contributed by atoms with Crippen molar-refractivity contribution in [3.05, 3.63) is 35.4 Å². The smallest absolute Gasteiger partial charge is 0.299 e. The van der Waals surface area contributed by atoms with Crippen molar-refractivity contribution in [3.63, 3.8) is 0 Å². The Hall–Kier alpha value is -1.12. The molecular formula is C19H29F3N2O2S. The highest BCUT2D eigenvalue weighted by Gasteiger charge is 2.42. The summed E-state index contributed by atoms with van der Waals surface area (Å²) < 4.78 is 63.9. The third-order valence-electron chi connectivity index (χ3n) is 5.11. The fourth-order valence-corrected chi connectivity index (χ4v) is 4.22. The lowest BCUT2D eigenvalue weighted by Gasteiger charge is -2.39. The highest BCUT2D eigenvalue weighted by atomic mass is 32.2. The molecule has 0 spiro atoms. The molecule has 0 bridgehead atoms. The van der Waals surface area contributed by atoms with E-state index in [9.17, 15) is 21.6 Å². The zero-order valence-corrected chi connectivity index (χ0v) is 17.1. The molecule has 1 N–H and O–H groups in total. The van der Waals surface area contributed by atoms with Crippen LogP contribution in [0.5, 0.6) is 0 Å². The first-order chi connectivity index (χ1) is 12.3. The number of rotatable bonds is 5. The van der Waals surface area contributed by atoms with E-state index in [2.05, 4.69) is 25.7 Å². The Bertz CT molecular complexity index is 725. The van der Waals surface area contributed by atoms with Crippen LogP contribution in [0, 0.1) is 11.3 Å². The van der Waals surface area contributed by atoms with Crippen LogP contribution >= 0.6 is 0 Å². The van der Waals surface area contributed by atoms with E-state index >= 15 is 0 Å². The summed E-state index contributed by atoms with van der Waals surface area (Å²) in [5.41, 5.74) is 1.05. The van der Waals surface area contributed by atoms with Crippen LogP contribution in [0.2, 0.25) is 0 Å². The lowest BCUT2D eigenvalue weighted by molar-refractivity contribution is -0.153. The summed E-state index contributed by atoms with van der Waals surface area (Å²) in [4.78, 5) is 2.34. The fraction of sp³-hybridized carbons (Fsp3) is 0.684. The van der Waals surface area contributed by atoms with E-state index in [0.29, 0.717) is 12.5 Å². The maximum atomic E-state index is 13.2. The molecule has 1 saturated heterocycles. The molecule has 0 saturated carbocycles. The summed E-state index contributed by atoms with van der Waals surface area (Å²) in [7, 11) is -3.99. The number of piperidine rings is 1. The second kappa shape index (κ2) is 8.09. The third-order valence-corrected chi connectivity index (χ3v) is 5.77. The number of hydrogen-bond donors (Lipinski definition) is 1. The van der Waals surface area contributed by atoms with Gasteiger partial charge in [0, 0.05) is 13.1 Å². The molecule has 2 rings (SSSR count). The zero-order valence-electron chi connectivity index (χ0n) is 16.3. The van der Waals surface area contributed by atoms with Gasteiger partial charge in [0.2, 0.25) is 10.0 Å². The van der Waals surface area contributed by atoms with Gasteiger partial charge in [0.25, 0.3) is 0 Å². The molecule has 1 unspecified atom stereocenters. The van der Waals surface area contributed by atoms with Gasteiger partial charge in [0.05, 0.1) is 6.26 Å². The molecule has 8 heteroatoms. The standard InChI is InChI=1S/C19H29F3N2O2S/c1-18(2,3)16-6-5-11-24(13-16)12-14-7-9-15(10-8-14)17(19(20,21)22)23-27(4,25)26/h7-10,16-17,23H,5-6,11-13H2,1-4H3/t16?,17-/m0/s1. The predicted octanol–water partition coefficient (Wildman–Crippen LogP) is 4.10. The summed E-state index contributed by atoms with van der Waals surface area (Å²) in [5.74, 6) is 0.596. The van der Waals surface area contributed by atoms with Gasteiger partial charge < -0.3 is 0 Å². The van der Waals surface area contributed by atoms with Crippen molar-refractivity contribution < 1.29 is 21.6 Å². The van der Waals surface area contributed by atoms with Gasteiger partial charge in [-0.05, 0) is 41.8 Å². The van der Waals surface area contributed by atoms with E-state index in [4.69, 9.17) is 0 Å². The number of nitrogens with one attached hydrogen (secondary N) is 1. The van der Waals surface area contributed by atoms with Crippen molar-refractivity contribution in [2.75, 3.05) is 19.3 Å². The molecule has 1 aliphatic heterocycles. The maximum Gasteiger partial charge on any atom is 0.408 e. The molecule has 1 heterocycles. The summed E-state index contributed by atoms with van der Waals surface area (Å²) in [5, 5.41) is 0. The van der Waals surface area contributed by atoms with Crippen molar-refractivity contribution in [2.45, 2.75) is 52.4 Å². The van der Waals surface area contributed by atoms with Crippen LogP contribution < -0.4 is 4.72 Å². The van der Waals surface area contributed by atoms with Crippen LogP contribution in [0.25, 0.3) is 0 Å². The second-order valence-corrected chi connectivity index (χ2v) is 10.3. The van der Waals surface area contributed by atoms with Gasteiger partial charge in [-0.3, -0.25) is 4.90 Å². The molecule has 2 atom stereocenters. The Morgan fingerprint density at radius 3 is 2.26 bits per heavy atom. The van der Waals surface area contributed by atoms with Crippen molar-refractivity contribution in [2.24, 2.45) is 11.3 Å². The third kappa shape index (κ3) is 6.76. The average molecular weight is 407 g/mol. The number of hydrogen-bond acceptors (Lipinski definition) is 3. The number of alkyl halides is 3. The molecule has 0 amide bonds. The van der Waals surface area contributed by atoms with E-state index in [1.165, 1.54) is 18.6 Å². The minimum absolute atomic E-state index is 0.108. The Morgan fingerprint density at radius 1 is 1.19 bits per heavy atom. The van der Waals surface area contributed by atoms with E-state index in [0.717, 1.165) is 31.3 Å². The van der Waals surface area contributed by atoms with Crippen molar-refractivity contribution in [3.8, 4) is 0 Å². The van der Waals surface area contributed by atoms with Gasteiger partial charge >= 0.3 is 6.18 Å². The normalized spacial score (nSPS) is 21.2. The minimum Gasteiger partial charge on any atom is -0.299 e. The Balaban J connectivity index is 2.09. The molecule has 154 valence electrons. The maximum absolute atomic E-state index is 13.2. The quantitative estimate of drug-likeness (QED) is 0.801. The van der Waals surface area contributed by atoms with Crippen molar-refractivity contribution in [1.29, 1.82) is 0 Å². The van der Waals surface area contributed by atoms with Crippen LogP contribution in [0.3, 0.4) is 0 Å². The number of benzene rings is 1. The first-order valence-electron chi connectivity index (χ1n) is 9.11. The highest BCUT2D eigenvalue weighted by Crippen LogP contribution is 2.35. The van der Waals surface area contributed by atoms with Crippen LogP contribution in [0.4, 0.5) is 13.2 Å². The van der Waals surface area contributed by atoms with Gasteiger partial charge in [0.15, 0.2) is 0 Å². The van der Waals surface area contributed by atoms with E-state index in [1.54, 1.807) is 16.9 Å². The van der Waals surface area contributed by atoms with Crippen LogP contribution in [0.1, 0.15) is 50.8 Å². The predicted molar refractivity (Wildman–Crippen MR) is 101 cm³/mol. The summed E-state index contributed by atoms with van der Waals surface area (Å²) in [6.45, 7) is 9.36. The Kier molecular flexibility index (Phi) is 6.64. The first-order valence-corrected chi connectivity index (χ1v) is 11.0. The van der Waals surface area contributed by atoms with Gasteiger partial charge in [-0.2, -0.15) is 17.9 Å². The van der Waals surface area contributed by atoms with Gasteiger partial charge in [-0.25, -0.2) is 8.42 Å². The largest absolute Gasteiger partial charge is 0.408 e. The molecule has 0 aromatic heterocycles. The topological polar surface area (TPSA) is 49.4 Å². The van der Waals surface area contributed by atoms with Crippen molar-refractivity contribution in [1.82, 2.24) is 9.62 Å². The van der Waals surface area contributed by atoms with E-state index < -0.39 is 22.2 Å².